The Labute approximate surface area is 179 Å². The van der Waals surface area contributed by atoms with Crippen molar-refractivity contribution in [1.29, 1.82) is 0 Å². The van der Waals surface area contributed by atoms with Gasteiger partial charge in [0.2, 0.25) is 0 Å². The van der Waals surface area contributed by atoms with E-state index in [1.807, 2.05) is 19.1 Å². The van der Waals surface area contributed by atoms with E-state index in [2.05, 4.69) is 21.9 Å². The molecular formula is C23H27F3N2O3. The van der Waals surface area contributed by atoms with Gasteiger partial charge in [-0.15, -0.1) is 13.2 Å². The highest BCUT2D eigenvalue weighted by Gasteiger charge is 2.55. The third-order valence-corrected chi connectivity index (χ3v) is 6.40. The number of rotatable bonds is 8. The molecule has 2 heterocycles. The van der Waals surface area contributed by atoms with Crippen LogP contribution in [-0.2, 0) is 0 Å². The first-order valence-electron chi connectivity index (χ1n) is 10.6. The summed E-state index contributed by atoms with van der Waals surface area (Å²) < 4.78 is 46.7. The average molecular weight is 436 g/mol. The van der Waals surface area contributed by atoms with Crippen LogP contribution in [0.15, 0.2) is 40.8 Å². The SMILES string of the molecule is Cc1ccc(C(C)CCN2CC3C(CNC(=O)c4cccc(OC(F)(F)F)c4)C3C2)o1. The summed E-state index contributed by atoms with van der Waals surface area (Å²) in [6, 6.07) is 9.19. The van der Waals surface area contributed by atoms with E-state index in [1.165, 1.54) is 18.2 Å². The lowest BCUT2D eigenvalue weighted by molar-refractivity contribution is -0.274. The van der Waals surface area contributed by atoms with Crippen LogP contribution in [0.5, 0.6) is 5.75 Å². The summed E-state index contributed by atoms with van der Waals surface area (Å²) in [6.45, 7) is 7.78. The molecule has 0 spiro atoms. The van der Waals surface area contributed by atoms with Gasteiger partial charge < -0.3 is 19.4 Å². The summed E-state index contributed by atoms with van der Waals surface area (Å²) in [5.41, 5.74) is 0.163. The number of halogens is 3. The Balaban J connectivity index is 1.18. The molecule has 1 saturated heterocycles. The molecule has 1 saturated carbocycles. The minimum atomic E-state index is -4.78. The molecule has 4 rings (SSSR count). The molecule has 2 aromatic rings. The predicted molar refractivity (Wildman–Crippen MR) is 109 cm³/mol. The van der Waals surface area contributed by atoms with Crippen LogP contribution >= 0.6 is 0 Å². The molecule has 2 fully saturated rings. The molecular weight excluding hydrogens is 409 g/mol. The van der Waals surface area contributed by atoms with Crippen molar-refractivity contribution in [1.82, 2.24) is 10.2 Å². The molecule has 3 atom stereocenters. The maximum absolute atomic E-state index is 12.4. The number of likely N-dealkylation sites (tertiary alicyclic amines) is 1. The van der Waals surface area contributed by atoms with Gasteiger partial charge in [-0.2, -0.15) is 0 Å². The standard InChI is InChI=1S/C23H27F3N2O3/c1-14(21-7-6-15(2)30-21)8-9-28-12-19-18(20(19)13-28)11-27-22(29)16-4-3-5-17(10-16)31-23(24,25)26/h3-7,10,14,18-20H,8-9,11-13H2,1-2H3,(H,27,29). The van der Waals surface area contributed by atoms with Gasteiger partial charge >= 0.3 is 6.36 Å². The monoisotopic (exact) mass is 436 g/mol. The van der Waals surface area contributed by atoms with Crippen LogP contribution in [0.25, 0.3) is 0 Å². The fourth-order valence-corrected chi connectivity index (χ4v) is 4.61. The van der Waals surface area contributed by atoms with Crippen molar-refractivity contribution in [3.63, 3.8) is 0 Å². The van der Waals surface area contributed by atoms with Gasteiger partial charge in [0, 0.05) is 31.1 Å². The predicted octanol–water partition coefficient (Wildman–Crippen LogP) is 4.59. The quantitative estimate of drug-likeness (QED) is 0.658. The highest BCUT2D eigenvalue weighted by molar-refractivity contribution is 5.94. The van der Waals surface area contributed by atoms with Crippen LogP contribution in [0.2, 0.25) is 0 Å². The number of ether oxygens (including phenoxy) is 1. The molecule has 0 radical (unpaired) electrons. The topological polar surface area (TPSA) is 54.7 Å². The second kappa shape index (κ2) is 8.57. The first-order chi connectivity index (χ1) is 14.7. The molecule has 2 aliphatic rings. The van der Waals surface area contributed by atoms with Crippen LogP contribution in [0.1, 0.15) is 41.1 Å². The highest BCUT2D eigenvalue weighted by Crippen LogP contribution is 2.51. The van der Waals surface area contributed by atoms with E-state index in [0.29, 0.717) is 30.2 Å². The first kappa shape index (κ1) is 21.7. The molecule has 1 aliphatic heterocycles. The number of hydrogen-bond acceptors (Lipinski definition) is 4. The summed E-state index contributed by atoms with van der Waals surface area (Å²) in [4.78, 5) is 14.8. The molecule has 168 valence electrons. The van der Waals surface area contributed by atoms with Crippen LogP contribution in [0.4, 0.5) is 13.2 Å². The van der Waals surface area contributed by atoms with Crippen molar-refractivity contribution in [3.8, 4) is 5.75 Å². The second-order valence-corrected chi connectivity index (χ2v) is 8.67. The highest BCUT2D eigenvalue weighted by atomic mass is 19.4. The van der Waals surface area contributed by atoms with Crippen molar-refractivity contribution in [2.45, 2.75) is 32.5 Å². The Hall–Kier alpha value is -2.48. The number of nitrogens with zero attached hydrogens (tertiary/aromatic N) is 1. The van der Waals surface area contributed by atoms with Gasteiger partial charge in [-0.3, -0.25) is 4.79 Å². The number of hydrogen-bond donors (Lipinski definition) is 1. The average Bonchev–Trinajstić information content (AvgIpc) is 3.04. The number of piperidine rings is 1. The molecule has 1 N–H and O–H groups in total. The van der Waals surface area contributed by atoms with E-state index in [4.69, 9.17) is 4.42 Å². The van der Waals surface area contributed by atoms with E-state index in [0.717, 1.165) is 43.6 Å². The fourth-order valence-electron chi connectivity index (χ4n) is 4.61. The fraction of sp³-hybridized carbons (Fsp3) is 0.522. The Bertz CT molecular complexity index is 915. The number of alkyl halides is 3. The smallest absolute Gasteiger partial charge is 0.466 e. The summed E-state index contributed by atoms with van der Waals surface area (Å²) in [5, 5.41) is 2.86. The Morgan fingerprint density at radius 1 is 1.26 bits per heavy atom. The summed E-state index contributed by atoms with van der Waals surface area (Å²) in [7, 11) is 0. The number of carbonyl (C=O) groups excluding carboxylic acids is 1. The molecule has 31 heavy (non-hydrogen) atoms. The molecule has 5 nitrogen and oxygen atoms in total. The Morgan fingerprint density at radius 3 is 2.65 bits per heavy atom. The summed E-state index contributed by atoms with van der Waals surface area (Å²) >= 11 is 0. The van der Waals surface area contributed by atoms with Gasteiger partial charge in [0.1, 0.15) is 17.3 Å². The van der Waals surface area contributed by atoms with Crippen molar-refractivity contribution in [2.24, 2.45) is 17.8 Å². The summed E-state index contributed by atoms with van der Waals surface area (Å²) in [6.07, 6.45) is -3.73. The number of furan rings is 1. The minimum Gasteiger partial charge on any atom is -0.466 e. The molecule has 1 aliphatic carbocycles. The molecule has 1 aromatic heterocycles. The number of aryl methyl sites for hydroxylation is 1. The normalized spacial score (nSPS) is 24.0. The zero-order chi connectivity index (χ0) is 22.2. The maximum Gasteiger partial charge on any atom is 0.573 e. The maximum atomic E-state index is 12.4. The molecule has 8 heteroatoms. The van der Waals surface area contributed by atoms with Crippen LogP contribution in [-0.4, -0.2) is 43.3 Å². The molecule has 1 amide bonds. The van der Waals surface area contributed by atoms with Gasteiger partial charge in [-0.25, -0.2) is 0 Å². The molecule has 3 unspecified atom stereocenters. The van der Waals surface area contributed by atoms with Gasteiger partial charge in [-0.05, 0) is 68.0 Å². The van der Waals surface area contributed by atoms with Gasteiger partial charge in [0.05, 0.1) is 0 Å². The van der Waals surface area contributed by atoms with E-state index >= 15 is 0 Å². The number of nitrogens with one attached hydrogen (secondary N) is 1. The van der Waals surface area contributed by atoms with Crippen LogP contribution < -0.4 is 10.1 Å². The van der Waals surface area contributed by atoms with Gasteiger partial charge in [0.15, 0.2) is 0 Å². The van der Waals surface area contributed by atoms with Gasteiger partial charge in [0.25, 0.3) is 5.91 Å². The Kier molecular flexibility index (Phi) is 6.01. The van der Waals surface area contributed by atoms with Crippen molar-refractivity contribution in [3.05, 3.63) is 53.5 Å². The van der Waals surface area contributed by atoms with E-state index in [9.17, 15) is 18.0 Å². The number of fused-ring (bicyclic) bond motifs is 1. The number of benzene rings is 1. The van der Waals surface area contributed by atoms with Crippen LogP contribution in [0, 0.1) is 24.7 Å². The molecule has 1 aromatic carbocycles. The lowest BCUT2D eigenvalue weighted by atomic mass is 10.0. The largest absolute Gasteiger partial charge is 0.573 e. The van der Waals surface area contributed by atoms with E-state index in [-0.39, 0.29) is 11.5 Å². The van der Waals surface area contributed by atoms with E-state index < -0.39 is 12.1 Å². The lowest BCUT2D eigenvalue weighted by Crippen LogP contribution is -2.31. The summed E-state index contributed by atoms with van der Waals surface area (Å²) in [5.74, 6) is 3.21. The third-order valence-electron chi connectivity index (χ3n) is 6.40. The first-order valence-corrected chi connectivity index (χ1v) is 10.6. The van der Waals surface area contributed by atoms with Crippen molar-refractivity contribution in [2.75, 3.05) is 26.2 Å². The van der Waals surface area contributed by atoms with Crippen molar-refractivity contribution >= 4 is 5.91 Å². The lowest BCUT2D eigenvalue weighted by Gasteiger charge is -2.21. The number of amides is 1. The van der Waals surface area contributed by atoms with Crippen LogP contribution in [0.3, 0.4) is 0 Å². The third kappa shape index (κ3) is 5.42. The zero-order valence-electron chi connectivity index (χ0n) is 17.6. The Morgan fingerprint density at radius 2 is 2.00 bits per heavy atom. The van der Waals surface area contributed by atoms with E-state index in [1.54, 1.807) is 0 Å². The molecule has 0 bridgehead atoms. The zero-order valence-corrected chi connectivity index (χ0v) is 17.6. The number of carbonyl (C=O) groups is 1. The van der Waals surface area contributed by atoms with Crippen molar-refractivity contribution < 1.29 is 27.1 Å². The van der Waals surface area contributed by atoms with Gasteiger partial charge in [-0.1, -0.05) is 13.0 Å². The minimum absolute atomic E-state index is 0.163. The second-order valence-electron chi connectivity index (χ2n) is 8.67.